The summed E-state index contributed by atoms with van der Waals surface area (Å²) in [7, 11) is 5.90. The standard InChI is InChI=1S/C19H21N4O2S/c1-5-25-19(24)17-12-14-16(22(2)3)7-6-15(18(14)26-17)21-20-13-8-10-23(4)11-9-13/h6-12H,5H2,1-4H3/q+1. The van der Waals surface area contributed by atoms with Crippen LogP contribution in [-0.2, 0) is 11.8 Å². The molecule has 2 heterocycles. The van der Waals surface area contributed by atoms with Crippen LogP contribution in [0.3, 0.4) is 0 Å². The molecule has 0 aliphatic heterocycles. The highest BCUT2D eigenvalue weighted by atomic mass is 32.1. The van der Waals surface area contributed by atoms with Crippen LogP contribution in [0.25, 0.3) is 10.1 Å². The topological polar surface area (TPSA) is 58.1 Å². The van der Waals surface area contributed by atoms with Gasteiger partial charge < -0.3 is 9.64 Å². The third kappa shape index (κ3) is 3.72. The van der Waals surface area contributed by atoms with Gasteiger partial charge in [-0.2, -0.15) is 5.11 Å². The van der Waals surface area contributed by atoms with Crippen molar-refractivity contribution < 1.29 is 14.1 Å². The van der Waals surface area contributed by atoms with Crippen LogP contribution in [0, 0.1) is 0 Å². The van der Waals surface area contributed by atoms with E-state index in [0.717, 1.165) is 27.1 Å². The van der Waals surface area contributed by atoms with Crippen molar-refractivity contribution in [2.45, 2.75) is 6.92 Å². The van der Waals surface area contributed by atoms with E-state index >= 15 is 0 Å². The van der Waals surface area contributed by atoms with Gasteiger partial charge in [-0.1, -0.05) is 0 Å². The third-order valence-corrected chi connectivity index (χ3v) is 4.97. The van der Waals surface area contributed by atoms with Crippen LogP contribution >= 0.6 is 11.3 Å². The summed E-state index contributed by atoms with van der Waals surface area (Å²) >= 11 is 1.38. The number of fused-ring (bicyclic) bond motifs is 1. The van der Waals surface area contributed by atoms with Crippen LogP contribution in [0.15, 0.2) is 53.0 Å². The smallest absolute Gasteiger partial charge is 0.348 e. The number of benzene rings is 1. The van der Waals surface area contributed by atoms with E-state index < -0.39 is 0 Å². The lowest BCUT2D eigenvalue weighted by Crippen LogP contribution is -2.25. The lowest BCUT2D eigenvalue weighted by molar-refractivity contribution is -0.671. The Morgan fingerprint density at radius 1 is 1.19 bits per heavy atom. The van der Waals surface area contributed by atoms with E-state index in [9.17, 15) is 4.79 Å². The van der Waals surface area contributed by atoms with E-state index in [1.54, 1.807) is 6.92 Å². The largest absolute Gasteiger partial charge is 0.462 e. The average molecular weight is 369 g/mol. The van der Waals surface area contributed by atoms with Crippen LogP contribution in [0.2, 0.25) is 0 Å². The van der Waals surface area contributed by atoms with Crippen LogP contribution in [0.1, 0.15) is 16.6 Å². The van der Waals surface area contributed by atoms with Gasteiger partial charge in [0.25, 0.3) is 0 Å². The Hall–Kier alpha value is -2.80. The molecular formula is C19H21N4O2S+. The third-order valence-electron chi connectivity index (χ3n) is 3.83. The van der Waals surface area contributed by atoms with Crippen molar-refractivity contribution in [2.75, 3.05) is 25.6 Å². The maximum Gasteiger partial charge on any atom is 0.348 e. The molecular weight excluding hydrogens is 348 g/mol. The summed E-state index contributed by atoms with van der Waals surface area (Å²) in [6.07, 6.45) is 3.84. The first kappa shape index (κ1) is 18.0. The lowest BCUT2D eigenvalue weighted by Gasteiger charge is -2.14. The van der Waals surface area contributed by atoms with Crippen LogP contribution in [0.5, 0.6) is 0 Å². The number of aryl methyl sites for hydroxylation is 1. The second-order valence-corrected chi connectivity index (χ2v) is 7.05. The number of carbonyl (C=O) groups is 1. The highest BCUT2D eigenvalue weighted by molar-refractivity contribution is 7.21. The summed E-state index contributed by atoms with van der Waals surface area (Å²) in [5.41, 5.74) is 2.53. The molecule has 0 radical (unpaired) electrons. The van der Waals surface area contributed by atoms with Crippen molar-refractivity contribution in [3.8, 4) is 0 Å². The minimum atomic E-state index is -0.308. The Kier molecular flexibility index (Phi) is 5.27. The molecule has 0 aliphatic rings. The molecule has 134 valence electrons. The van der Waals surface area contributed by atoms with E-state index in [2.05, 4.69) is 10.2 Å². The molecule has 0 fully saturated rings. The predicted molar refractivity (Wildman–Crippen MR) is 104 cm³/mol. The SMILES string of the molecule is CCOC(=O)c1cc2c(N(C)C)ccc(N=Nc3cc[n+](C)cc3)c2s1. The molecule has 0 saturated heterocycles. The minimum absolute atomic E-state index is 0.308. The zero-order valence-electron chi connectivity index (χ0n) is 15.3. The Labute approximate surface area is 156 Å². The maximum atomic E-state index is 12.1. The number of anilines is 1. The lowest BCUT2D eigenvalue weighted by atomic mass is 10.2. The van der Waals surface area contributed by atoms with Crippen molar-refractivity contribution in [1.29, 1.82) is 0 Å². The van der Waals surface area contributed by atoms with Crippen molar-refractivity contribution in [3.63, 3.8) is 0 Å². The fourth-order valence-corrected chi connectivity index (χ4v) is 3.56. The number of azo groups is 1. The Bertz CT molecular complexity index is 962. The Morgan fingerprint density at radius 2 is 1.92 bits per heavy atom. The number of esters is 1. The number of pyridine rings is 1. The highest BCUT2D eigenvalue weighted by Gasteiger charge is 2.16. The number of aromatic nitrogens is 1. The summed E-state index contributed by atoms with van der Waals surface area (Å²) < 4.78 is 8.00. The normalized spacial score (nSPS) is 11.2. The van der Waals surface area contributed by atoms with Crippen LogP contribution < -0.4 is 9.47 Å². The molecule has 0 N–H and O–H groups in total. The van der Waals surface area contributed by atoms with Gasteiger partial charge in [-0.3, -0.25) is 0 Å². The second kappa shape index (κ2) is 7.61. The molecule has 0 spiro atoms. The average Bonchev–Trinajstić information content (AvgIpc) is 3.06. The molecule has 26 heavy (non-hydrogen) atoms. The molecule has 0 saturated carbocycles. The quantitative estimate of drug-likeness (QED) is 0.381. The summed E-state index contributed by atoms with van der Waals surface area (Å²) in [5.74, 6) is -0.308. The van der Waals surface area contributed by atoms with E-state index in [1.807, 2.05) is 73.3 Å². The molecule has 7 heteroatoms. The molecule has 6 nitrogen and oxygen atoms in total. The Balaban J connectivity index is 2.06. The Morgan fingerprint density at radius 3 is 2.58 bits per heavy atom. The van der Waals surface area contributed by atoms with Crippen molar-refractivity contribution in [3.05, 3.63) is 47.6 Å². The minimum Gasteiger partial charge on any atom is -0.462 e. The number of hydrogen-bond acceptors (Lipinski definition) is 6. The maximum absolute atomic E-state index is 12.1. The van der Waals surface area contributed by atoms with Crippen molar-refractivity contribution in [2.24, 2.45) is 17.3 Å². The summed E-state index contributed by atoms with van der Waals surface area (Å²) in [6.45, 7) is 2.15. The summed E-state index contributed by atoms with van der Waals surface area (Å²) in [6, 6.07) is 9.58. The van der Waals surface area contributed by atoms with Crippen LogP contribution in [0.4, 0.5) is 17.1 Å². The molecule has 0 aliphatic carbocycles. The van der Waals surface area contributed by atoms with Gasteiger partial charge in [-0.15, -0.1) is 16.5 Å². The van der Waals surface area contributed by atoms with E-state index in [1.165, 1.54) is 11.3 Å². The van der Waals surface area contributed by atoms with Gasteiger partial charge >= 0.3 is 5.97 Å². The molecule has 1 aromatic carbocycles. The number of thiophene rings is 1. The van der Waals surface area contributed by atoms with Gasteiger partial charge in [0.2, 0.25) is 0 Å². The van der Waals surface area contributed by atoms with Gasteiger partial charge in [0.1, 0.15) is 17.6 Å². The first-order valence-corrected chi connectivity index (χ1v) is 9.09. The molecule has 3 aromatic rings. The number of ether oxygens (including phenoxy) is 1. The molecule has 0 unspecified atom stereocenters. The number of nitrogens with zero attached hydrogens (tertiary/aromatic N) is 4. The summed E-state index contributed by atoms with van der Waals surface area (Å²) in [5, 5.41) is 9.70. The van der Waals surface area contributed by atoms with Gasteiger partial charge in [0.15, 0.2) is 12.4 Å². The van der Waals surface area contributed by atoms with Crippen molar-refractivity contribution >= 4 is 44.5 Å². The van der Waals surface area contributed by atoms with E-state index in [-0.39, 0.29) is 5.97 Å². The fourth-order valence-electron chi connectivity index (χ4n) is 2.54. The first-order chi connectivity index (χ1) is 12.5. The van der Waals surface area contributed by atoms with E-state index in [0.29, 0.717) is 11.5 Å². The predicted octanol–water partition coefficient (Wildman–Crippen LogP) is 4.38. The van der Waals surface area contributed by atoms with Gasteiger partial charge in [-0.25, -0.2) is 9.36 Å². The molecule has 3 rings (SSSR count). The monoisotopic (exact) mass is 369 g/mol. The molecule has 0 atom stereocenters. The molecule has 0 amide bonds. The number of carbonyl (C=O) groups excluding carboxylic acids is 1. The molecule has 2 aromatic heterocycles. The second-order valence-electron chi connectivity index (χ2n) is 5.99. The van der Waals surface area contributed by atoms with Gasteiger partial charge in [0, 0.05) is 37.3 Å². The van der Waals surface area contributed by atoms with E-state index in [4.69, 9.17) is 4.74 Å². The highest BCUT2D eigenvalue weighted by Crippen LogP contribution is 2.40. The van der Waals surface area contributed by atoms with Crippen molar-refractivity contribution in [1.82, 2.24) is 0 Å². The van der Waals surface area contributed by atoms with Gasteiger partial charge in [-0.05, 0) is 25.1 Å². The zero-order chi connectivity index (χ0) is 18.7. The zero-order valence-corrected chi connectivity index (χ0v) is 16.1. The summed E-state index contributed by atoms with van der Waals surface area (Å²) in [4.78, 5) is 14.7. The molecule has 0 bridgehead atoms. The number of hydrogen-bond donors (Lipinski definition) is 0. The first-order valence-electron chi connectivity index (χ1n) is 8.27. The van der Waals surface area contributed by atoms with Crippen LogP contribution in [-0.4, -0.2) is 26.7 Å². The number of rotatable bonds is 5. The fraction of sp³-hybridized carbons (Fsp3) is 0.263. The van der Waals surface area contributed by atoms with Gasteiger partial charge in [0.05, 0.1) is 17.0 Å².